The third-order valence-electron chi connectivity index (χ3n) is 1.88. The Hall–Kier alpha value is -0.630. The van der Waals surface area contributed by atoms with E-state index in [1.165, 1.54) is 0 Å². The molecule has 2 heteroatoms. The van der Waals surface area contributed by atoms with Gasteiger partial charge in [0.2, 0.25) is 4.69 Å². The lowest BCUT2D eigenvalue weighted by molar-refractivity contribution is -0.111. The Labute approximate surface area is 80.9 Å². The first-order valence-corrected chi connectivity index (χ1v) is 4.79. The maximum Gasteiger partial charge on any atom is 0.205 e. The number of carbonyl (C=O) groups is 1. The Morgan fingerprint density at radius 2 is 2.00 bits per heavy atom. The molecule has 0 bridgehead atoms. The van der Waals surface area contributed by atoms with Crippen molar-refractivity contribution >= 4 is 20.6 Å². The Bertz CT molecular complexity index is 256. The van der Waals surface area contributed by atoms with Crippen LogP contribution < -0.4 is 0 Å². The molecule has 0 aromatic heterocycles. The number of carbonyl (C=O) groups excluding carboxylic acids is 1. The third kappa shape index (κ3) is 2.18. The highest BCUT2D eigenvalue weighted by atomic mass is 79.9. The minimum atomic E-state index is 0.00574. The molecule has 0 saturated carbocycles. The summed E-state index contributed by atoms with van der Waals surface area (Å²) < 4.78 is 0.0659. The summed E-state index contributed by atoms with van der Waals surface area (Å²) in [5, 5.41) is 0. The van der Waals surface area contributed by atoms with Crippen LogP contribution in [0.25, 0.3) is 0 Å². The zero-order chi connectivity index (χ0) is 8.97. The van der Waals surface area contributed by atoms with Crippen molar-refractivity contribution in [2.24, 2.45) is 0 Å². The van der Waals surface area contributed by atoms with Gasteiger partial charge in [0.1, 0.15) is 0 Å². The van der Waals surface area contributed by atoms with Crippen LogP contribution in [-0.4, -0.2) is 4.69 Å². The predicted molar refractivity (Wildman–Crippen MR) is 53.4 cm³/mol. The van der Waals surface area contributed by atoms with Gasteiger partial charge in [-0.3, -0.25) is 4.79 Å². The lowest BCUT2D eigenvalue weighted by Gasteiger charge is -2.09. The van der Waals surface area contributed by atoms with Crippen molar-refractivity contribution in [1.82, 2.24) is 0 Å². The van der Waals surface area contributed by atoms with E-state index in [0.29, 0.717) is 0 Å². The van der Waals surface area contributed by atoms with Gasteiger partial charge in [-0.2, -0.15) is 0 Å². The fourth-order valence-corrected chi connectivity index (χ4v) is 1.80. The van der Waals surface area contributed by atoms with Crippen molar-refractivity contribution in [2.45, 2.75) is 19.3 Å². The van der Waals surface area contributed by atoms with Crippen molar-refractivity contribution in [3.63, 3.8) is 0 Å². The first-order chi connectivity index (χ1) is 5.75. The minimum absolute atomic E-state index is 0.00574. The molecule has 1 aromatic rings. The molecule has 0 heterocycles. The molecule has 12 heavy (non-hydrogen) atoms. The summed E-state index contributed by atoms with van der Waals surface area (Å²) in [5.41, 5.74) is 1.09. The van der Waals surface area contributed by atoms with Gasteiger partial charge in [-0.15, -0.1) is 0 Å². The van der Waals surface area contributed by atoms with Crippen LogP contribution in [-0.2, 0) is 4.79 Å². The molecular formula is C10H11BrO. The van der Waals surface area contributed by atoms with E-state index in [1.807, 2.05) is 37.3 Å². The van der Waals surface area contributed by atoms with E-state index in [9.17, 15) is 4.79 Å². The SMILES string of the molecule is CCC(C(=O)Br)c1ccccc1. The molecule has 0 spiro atoms. The Balaban J connectivity index is 2.88. The van der Waals surface area contributed by atoms with Gasteiger partial charge in [0.15, 0.2) is 0 Å². The maximum atomic E-state index is 11.1. The van der Waals surface area contributed by atoms with Gasteiger partial charge in [0.05, 0.1) is 5.92 Å². The van der Waals surface area contributed by atoms with E-state index in [2.05, 4.69) is 15.9 Å². The molecule has 0 saturated heterocycles. The van der Waals surface area contributed by atoms with Crippen LogP contribution in [0.4, 0.5) is 0 Å². The van der Waals surface area contributed by atoms with E-state index in [4.69, 9.17) is 0 Å². The molecule has 0 aliphatic heterocycles. The van der Waals surface area contributed by atoms with Gasteiger partial charge in [0.25, 0.3) is 0 Å². The molecule has 1 aromatic carbocycles. The number of benzene rings is 1. The topological polar surface area (TPSA) is 17.1 Å². The summed E-state index contributed by atoms with van der Waals surface area (Å²) in [5.74, 6) is 0.00574. The fraction of sp³-hybridized carbons (Fsp3) is 0.300. The van der Waals surface area contributed by atoms with E-state index >= 15 is 0 Å². The molecular weight excluding hydrogens is 216 g/mol. The van der Waals surface area contributed by atoms with Crippen LogP contribution in [0.5, 0.6) is 0 Å². The number of hydrogen-bond acceptors (Lipinski definition) is 1. The van der Waals surface area contributed by atoms with Crippen LogP contribution in [0.2, 0.25) is 0 Å². The predicted octanol–water partition coefficient (Wildman–Crippen LogP) is 3.10. The summed E-state index contributed by atoms with van der Waals surface area (Å²) in [7, 11) is 0. The van der Waals surface area contributed by atoms with Crippen LogP contribution in [0, 0.1) is 0 Å². The molecule has 1 unspecified atom stereocenters. The largest absolute Gasteiger partial charge is 0.286 e. The van der Waals surface area contributed by atoms with Crippen molar-refractivity contribution < 1.29 is 4.79 Å². The Morgan fingerprint density at radius 3 is 2.42 bits per heavy atom. The van der Waals surface area contributed by atoms with Crippen LogP contribution in [0.15, 0.2) is 30.3 Å². The van der Waals surface area contributed by atoms with Crippen LogP contribution in [0.3, 0.4) is 0 Å². The number of rotatable bonds is 3. The van der Waals surface area contributed by atoms with E-state index in [-0.39, 0.29) is 10.6 Å². The van der Waals surface area contributed by atoms with Gasteiger partial charge in [-0.05, 0) is 27.9 Å². The van der Waals surface area contributed by atoms with E-state index < -0.39 is 0 Å². The van der Waals surface area contributed by atoms with Crippen molar-refractivity contribution in [3.8, 4) is 0 Å². The summed E-state index contributed by atoms with van der Waals surface area (Å²) >= 11 is 3.00. The van der Waals surface area contributed by atoms with Gasteiger partial charge in [0, 0.05) is 0 Å². The zero-order valence-electron chi connectivity index (χ0n) is 6.96. The third-order valence-corrected chi connectivity index (χ3v) is 2.44. The molecule has 0 aliphatic rings. The van der Waals surface area contributed by atoms with Gasteiger partial charge >= 0.3 is 0 Å². The molecule has 0 aliphatic carbocycles. The molecule has 0 radical (unpaired) electrons. The second-order valence-electron chi connectivity index (χ2n) is 2.68. The highest BCUT2D eigenvalue weighted by Crippen LogP contribution is 2.22. The standard InChI is InChI=1S/C10H11BrO/c1-2-9(10(11)12)8-6-4-3-5-7-8/h3-7,9H,2H2,1H3. The molecule has 1 nitrogen and oxygen atoms in total. The average Bonchev–Trinajstić information content (AvgIpc) is 2.07. The van der Waals surface area contributed by atoms with Gasteiger partial charge in [-0.25, -0.2) is 0 Å². The maximum absolute atomic E-state index is 11.1. The minimum Gasteiger partial charge on any atom is -0.286 e. The molecule has 1 rings (SSSR count). The molecule has 0 N–H and O–H groups in total. The van der Waals surface area contributed by atoms with Crippen LogP contribution >= 0.6 is 15.9 Å². The molecule has 64 valence electrons. The normalized spacial score (nSPS) is 12.5. The first kappa shape index (κ1) is 9.46. The van der Waals surface area contributed by atoms with E-state index in [1.54, 1.807) is 0 Å². The second kappa shape index (κ2) is 4.41. The smallest absolute Gasteiger partial charge is 0.205 e. The lowest BCUT2D eigenvalue weighted by atomic mass is 9.98. The number of hydrogen-bond donors (Lipinski definition) is 0. The highest BCUT2D eigenvalue weighted by molar-refractivity contribution is 9.18. The van der Waals surface area contributed by atoms with Gasteiger partial charge < -0.3 is 0 Å². The summed E-state index contributed by atoms with van der Waals surface area (Å²) in [4.78, 5) is 11.1. The lowest BCUT2D eigenvalue weighted by Crippen LogP contribution is -2.04. The quantitative estimate of drug-likeness (QED) is 0.725. The Morgan fingerprint density at radius 1 is 1.42 bits per heavy atom. The monoisotopic (exact) mass is 226 g/mol. The number of halogens is 1. The van der Waals surface area contributed by atoms with E-state index in [0.717, 1.165) is 12.0 Å². The molecule has 0 fully saturated rings. The van der Waals surface area contributed by atoms with Crippen molar-refractivity contribution in [3.05, 3.63) is 35.9 Å². The molecule has 0 amide bonds. The molecule has 1 atom stereocenters. The highest BCUT2D eigenvalue weighted by Gasteiger charge is 2.14. The summed E-state index contributed by atoms with van der Waals surface area (Å²) in [6.07, 6.45) is 0.841. The van der Waals surface area contributed by atoms with Crippen LogP contribution in [0.1, 0.15) is 24.8 Å². The van der Waals surface area contributed by atoms with Crippen molar-refractivity contribution in [1.29, 1.82) is 0 Å². The summed E-state index contributed by atoms with van der Waals surface area (Å²) in [6.45, 7) is 2.01. The first-order valence-electron chi connectivity index (χ1n) is 4.00. The van der Waals surface area contributed by atoms with Crippen molar-refractivity contribution in [2.75, 3.05) is 0 Å². The summed E-state index contributed by atoms with van der Waals surface area (Å²) in [6, 6.07) is 9.82. The fourth-order valence-electron chi connectivity index (χ4n) is 1.21. The Kier molecular flexibility index (Phi) is 3.48. The van der Waals surface area contributed by atoms with Gasteiger partial charge in [-0.1, -0.05) is 37.3 Å². The zero-order valence-corrected chi connectivity index (χ0v) is 8.54. The average molecular weight is 227 g/mol. The second-order valence-corrected chi connectivity index (χ2v) is 3.46.